The number of benzene rings is 1. The summed E-state index contributed by atoms with van der Waals surface area (Å²) >= 11 is 0. The number of aromatic amines is 1. The third-order valence-electron chi connectivity index (χ3n) is 4.90. The Kier molecular flexibility index (Phi) is 5.30. The zero-order chi connectivity index (χ0) is 18.7. The van der Waals surface area contributed by atoms with Gasteiger partial charge in [-0.1, -0.05) is 18.2 Å². The normalized spacial score (nSPS) is 17.9. The Balaban J connectivity index is 2.23. The van der Waals surface area contributed by atoms with Gasteiger partial charge in [0.2, 0.25) is 0 Å². The fourth-order valence-corrected chi connectivity index (χ4v) is 3.64. The van der Waals surface area contributed by atoms with Crippen LogP contribution in [0.15, 0.2) is 35.5 Å². The standard InChI is InChI=1S/C20H24N2O4/c1-4-22-11-7-10-17-14(13-8-5-6-9-16(13)21-17)12-15(19(23)25-2)18(22)20(24)26-3/h5-6,8-9,21H,4,7,10-12H2,1-3H3/b18-15+. The molecule has 0 saturated heterocycles. The lowest BCUT2D eigenvalue weighted by atomic mass is 9.99. The Morgan fingerprint density at radius 3 is 2.58 bits per heavy atom. The molecule has 1 N–H and O–H groups in total. The van der Waals surface area contributed by atoms with Crippen molar-refractivity contribution in [2.24, 2.45) is 0 Å². The second kappa shape index (κ2) is 7.64. The maximum Gasteiger partial charge on any atom is 0.354 e. The number of carbonyl (C=O) groups is 2. The zero-order valence-corrected chi connectivity index (χ0v) is 15.4. The molecule has 26 heavy (non-hydrogen) atoms. The smallest absolute Gasteiger partial charge is 0.354 e. The van der Waals surface area contributed by atoms with E-state index >= 15 is 0 Å². The Morgan fingerprint density at radius 2 is 1.88 bits per heavy atom. The molecule has 138 valence electrons. The monoisotopic (exact) mass is 356 g/mol. The highest BCUT2D eigenvalue weighted by atomic mass is 16.5. The van der Waals surface area contributed by atoms with Gasteiger partial charge >= 0.3 is 11.9 Å². The number of fused-ring (bicyclic) bond motifs is 3. The van der Waals surface area contributed by atoms with E-state index in [1.54, 1.807) is 0 Å². The Bertz CT molecular complexity index is 866. The van der Waals surface area contributed by atoms with Crippen molar-refractivity contribution >= 4 is 22.8 Å². The summed E-state index contributed by atoms with van der Waals surface area (Å²) in [6.07, 6.45) is 2.04. The molecule has 0 aliphatic carbocycles. The minimum absolute atomic E-state index is 0.306. The summed E-state index contributed by atoms with van der Waals surface area (Å²) in [5.41, 5.74) is 3.83. The number of esters is 2. The van der Waals surface area contributed by atoms with Crippen LogP contribution in [0.4, 0.5) is 0 Å². The minimum Gasteiger partial charge on any atom is -0.466 e. The van der Waals surface area contributed by atoms with Crippen molar-refractivity contribution in [2.45, 2.75) is 26.2 Å². The van der Waals surface area contributed by atoms with E-state index < -0.39 is 11.9 Å². The molecule has 0 fully saturated rings. The van der Waals surface area contributed by atoms with E-state index in [4.69, 9.17) is 9.47 Å². The Morgan fingerprint density at radius 1 is 1.15 bits per heavy atom. The predicted molar refractivity (Wildman–Crippen MR) is 98.6 cm³/mol. The van der Waals surface area contributed by atoms with Gasteiger partial charge in [-0.15, -0.1) is 0 Å². The number of hydrogen-bond donors (Lipinski definition) is 1. The largest absolute Gasteiger partial charge is 0.466 e. The van der Waals surface area contributed by atoms with Gasteiger partial charge in [-0.3, -0.25) is 0 Å². The molecule has 0 bridgehead atoms. The number of methoxy groups -OCH3 is 2. The Labute approximate surface area is 152 Å². The quantitative estimate of drug-likeness (QED) is 0.856. The van der Waals surface area contributed by atoms with Gasteiger partial charge in [0, 0.05) is 36.1 Å². The first-order chi connectivity index (χ1) is 12.6. The minimum atomic E-state index is -0.504. The summed E-state index contributed by atoms with van der Waals surface area (Å²) in [5.74, 6) is -1.00. The number of nitrogens with zero attached hydrogens (tertiary/aromatic N) is 1. The molecule has 6 heteroatoms. The van der Waals surface area contributed by atoms with E-state index in [0.29, 0.717) is 30.8 Å². The summed E-state index contributed by atoms with van der Waals surface area (Å²) in [7, 11) is 2.67. The number of carbonyl (C=O) groups excluding carboxylic acids is 2. The molecule has 0 spiro atoms. The van der Waals surface area contributed by atoms with E-state index in [2.05, 4.69) is 4.98 Å². The summed E-state index contributed by atoms with van der Waals surface area (Å²) < 4.78 is 9.99. The van der Waals surface area contributed by atoms with Crippen LogP contribution in [-0.4, -0.2) is 49.1 Å². The molecule has 0 unspecified atom stereocenters. The van der Waals surface area contributed by atoms with Gasteiger partial charge in [-0.25, -0.2) is 9.59 Å². The molecule has 0 radical (unpaired) electrons. The van der Waals surface area contributed by atoms with E-state index in [-0.39, 0.29) is 0 Å². The van der Waals surface area contributed by atoms with Gasteiger partial charge in [-0.05, 0) is 31.4 Å². The van der Waals surface area contributed by atoms with Crippen LogP contribution in [0.1, 0.15) is 24.6 Å². The van der Waals surface area contributed by atoms with Crippen molar-refractivity contribution in [3.05, 3.63) is 46.8 Å². The van der Waals surface area contributed by atoms with Crippen LogP contribution in [0.25, 0.3) is 10.9 Å². The molecule has 2 aromatic rings. The van der Waals surface area contributed by atoms with Gasteiger partial charge in [-0.2, -0.15) is 0 Å². The molecule has 0 atom stereocenters. The summed E-state index contributed by atoms with van der Waals surface area (Å²) in [6, 6.07) is 8.01. The van der Waals surface area contributed by atoms with Gasteiger partial charge in [0.25, 0.3) is 0 Å². The molecule has 1 aromatic heterocycles. The van der Waals surface area contributed by atoms with Gasteiger partial charge in [0.15, 0.2) is 0 Å². The second-order valence-corrected chi connectivity index (χ2v) is 6.30. The van der Waals surface area contributed by atoms with Crippen LogP contribution in [-0.2, 0) is 31.9 Å². The Hall–Kier alpha value is -2.76. The summed E-state index contributed by atoms with van der Waals surface area (Å²) in [6.45, 7) is 3.24. The lowest BCUT2D eigenvalue weighted by Gasteiger charge is -2.25. The van der Waals surface area contributed by atoms with Crippen LogP contribution in [0.5, 0.6) is 0 Å². The van der Waals surface area contributed by atoms with E-state index in [9.17, 15) is 9.59 Å². The van der Waals surface area contributed by atoms with Crippen molar-refractivity contribution in [2.75, 3.05) is 27.3 Å². The number of aromatic nitrogens is 1. The highest BCUT2D eigenvalue weighted by Crippen LogP contribution is 2.29. The number of likely N-dealkylation sites (N-methyl/N-ethyl adjacent to an activating group) is 1. The van der Waals surface area contributed by atoms with Crippen molar-refractivity contribution < 1.29 is 19.1 Å². The number of rotatable bonds is 3. The molecule has 2 heterocycles. The molecular weight excluding hydrogens is 332 g/mol. The molecule has 0 amide bonds. The maximum atomic E-state index is 12.6. The SMILES string of the molecule is CCN1CCCc2[nH]c3ccccc3c2C/C(C(=O)OC)=C\1C(=O)OC. The fraction of sp³-hybridized carbons (Fsp3) is 0.400. The molecule has 1 aliphatic rings. The number of nitrogens with one attached hydrogen (secondary N) is 1. The fourth-order valence-electron chi connectivity index (χ4n) is 3.64. The summed E-state index contributed by atoms with van der Waals surface area (Å²) in [4.78, 5) is 30.5. The maximum absolute atomic E-state index is 12.6. The average Bonchev–Trinajstić information content (AvgIpc) is 3.04. The highest BCUT2D eigenvalue weighted by molar-refractivity contribution is 6.01. The van der Waals surface area contributed by atoms with Gasteiger partial charge in [0.05, 0.1) is 19.8 Å². The topological polar surface area (TPSA) is 71.6 Å². The zero-order valence-electron chi connectivity index (χ0n) is 15.4. The molecule has 1 aliphatic heterocycles. The second-order valence-electron chi connectivity index (χ2n) is 6.30. The molecule has 6 nitrogen and oxygen atoms in total. The first kappa shape index (κ1) is 18.0. The predicted octanol–water partition coefficient (Wildman–Crippen LogP) is 2.58. The number of hydrogen-bond acceptors (Lipinski definition) is 5. The number of H-pyrrole nitrogens is 1. The van der Waals surface area contributed by atoms with E-state index in [1.165, 1.54) is 14.2 Å². The van der Waals surface area contributed by atoms with Crippen LogP contribution in [0.3, 0.4) is 0 Å². The molecular formula is C20H24N2O4. The third kappa shape index (κ3) is 3.19. The van der Waals surface area contributed by atoms with Gasteiger partial charge < -0.3 is 19.4 Å². The third-order valence-corrected chi connectivity index (χ3v) is 4.90. The van der Waals surface area contributed by atoms with Crippen molar-refractivity contribution in [3.8, 4) is 0 Å². The molecule has 3 rings (SSSR count). The first-order valence-corrected chi connectivity index (χ1v) is 8.83. The van der Waals surface area contributed by atoms with E-state index in [1.807, 2.05) is 36.1 Å². The highest BCUT2D eigenvalue weighted by Gasteiger charge is 2.29. The molecule has 1 aromatic carbocycles. The van der Waals surface area contributed by atoms with Crippen LogP contribution in [0, 0.1) is 0 Å². The van der Waals surface area contributed by atoms with Crippen molar-refractivity contribution in [1.29, 1.82) is 0 Å². The van der Waals surface area contributed by atoms with Crippen LogP contribution in [0.2, 0.25) is 0 Å². The van der Waals surface area contributed by atoms with Crippen LogP contribution < -0.4 is 0 Å². The van der Waals surface area contributed by atoms with Crippen molar-refractivity contribution in [1.82, 2.24) is 9.88 Å². The number of ether oxygens (including phenoxy) is 2. The lowest BCUT2D eigenvalue weighted by Crippen LogP contribution is -2.32. The van der Waals surface area contributed by atoms with Gasteiger partial charge in [0.1, 0.15) is 5.70 Å². The van der Waals surface area contributed by atoms with Crippen molar-refractivity contribution in [3.63, 3.8) is 0 Å². The molecule has 0 saturated carbocycles. The average molecular weight is 356 g/mol. The number of para-hydroxylation sites is 1. The van der Waals surface area contributed by atoms with E-state index in [0.717, 1.165) is 35.0 Å². The first-order valence-electron chi connectivity index (χ1n) is 8.83. The van der Waals surface area contributed by atoms with Crippen LogP contribution >= 0.6 is 0 Å². The summed E-state index contributed by atoms with van der Waals surface area (Å²) in [5, 5.41) is 1.07. The number of aryl methyl sites for hydroxylation is 1. The lowest BCUT2D eigenvalue weighted by molar-refractivity contribution is -0.140.